The molecule has 0 saturated carbocycles. The van der Waals surface area contributed by atoms with Crippen LogP contribution in [0.3, 0.4) is 0 Å². The number of hydrogen-bond donors (Lipinski definition) is 0. The summed E-state index contributed by atoms with van der Waals surface area (Å²) >= 11 is 0. The van der Waals surface area contributed by atoms with Gasteiger partial charge in [0.2, 0.25) is 0 Å². The van der Waals surface area contributed by atoms with Crippen LogP contribution in [0.1, 0.15) is 25.0 Å². The molecular weight excluding hydrogens is 695 g/mol. The van der Waals surface area contributed by atoms with Gasteiger partial charge in [-0.1, -0.05) is 147 Å². The lowest BCUT2D eigenvalue weighted by Gasteiger charge is -2.23. The second-order valence-corrected chi connectivity index (χ2v) is 15.3. The van der Waals surface area contributed by atoms with Gasteiger partial charge in [-0.2, -0.15) is 0 Å². The smallest absolute Gasteiger partial charge is 0.164 e. The van der Waals surface area contributed by atoms with Gasteiger partial charge in [-0.3, -0.25) is 4.98 Å². The molecule has 0 radical (unpaired) electrons. The van der Waals surface area contributed by atoms with Gasteiger partial charge in [-0.25, -0.2) is 19.9 Å². The maximum absolute atomic E-state index is 5.35. The van der Waals surface area contributed by atoms with Crippen LogP contribution in [0.15, 0.2) is 176 Å². The number of benzene rings is 7. The van der Waals surface area contributed by atoms with Crippen LogP contribution in [0.2, 0.25) is 0 Å². The largest absolute Gasteiger partial charge is 0.264 e. The first kappa shape index (κ1) is 33.0. The van der Waals surface area contributed by atoms with Crippen LogP contribution in [0.5, 0.6) is 0 Å². The number of aromatic nitrogens is 5. The number of fused-ring (bicyclic) bond motifs is 8. The highest BCUT2D eigenvalue weighted by atomic mass is 15.0. The molecule has 5 heteroatoms. The molecule has 0 N–H and O–H groups in total. The normalized spacial score (nSPS) is 12.9. The van der Waals surface area contributed by atoms with E-state index in [1.807, 2.05) is 79.1 Å². The van der Waals surface area contributed by atoms with E-state index in [9.17, 15) is 0 Å². The fraction of sp³-hybridized carbons (Fsp3) is 0.0577. The van der Waals surface area contributed by atoms with E-state index in [-0.39, 0.29) is 5.41 Å². The summed E-state index contributed by atoms with van der Waals surface area (Å²) in [5.41, 5.74) is 12.7. The van der Waals surface area contributed by atoms with Crippen molar-refractivity contribution >= 4 is 32.4 Å². The monoisotopic (exact) mass is 729 g/mol. The standard InChI is InChI=1S/C52H35N5/c1-52(2)44-22-13-21-38(46(44)42-25-24-32-14-9-10-19-39(32)47(42)52)35-28-36(48-43-31-53-27-26-40(43)41-20-11-12-23-45(41)54-48)30-37(29-35)51-56-49(33-15-5-3-6-16-33)55-50(57-51)34-17-7-4-8-18-34/h3-31H,1-2H3. The highest BCUT2D eigenvalue weighted by Crippen LogP contribution is 2.54. The molecule has 0 bridgehead atoms. The molecule has 3 aromatic heterocycles. The quantitative estimate of drug-likeness (QED) is 0.165. The molecule has 0 unspecified atom stereocenters. The summed E-state index contributed by atoms with van der Waals surface area (Å²) in [6.07, 6.45) is 3.79. The number of pyridine rings is 2. The van der Waals surface area contributed by atoms with E-state index < -0.39 is 0 Å². The minimum atomic E-state index is -0.201. The van der Waals surface area contributed by atoms with E-state index in [0.29, 0.717) is 17.5 Å². The molecule has 57 heavy (non-hydrogen) atoms. The number of rotatable bonds is 5. The van der Waals surface area contributed by atoms with Crippen molar-refractivity contribution in [2.75, 3.05) is 0 Å². The van der Waals surface area contributed by atoms with Crippen molar-refractivity contribution in [3.8, 4) is 67.7 Å². The maximum Gasteiger partial charge on any atom is 0.164 e. The van der Waals surface area contributed by atoms with Gasteiger partial charge >= 0.3 is 0 Å². The second kappa shape index (κ2) is 12.9. The van der Waals surface area contributed by atoms with Gasteiger partial charge in [0, 0.05) is 50.8 Å². The average molecular weight is 730 g/mol. The highest BCUT2D eigenvalue weighted by Gasteiger charge is 2.38. The molecule has 0 saturated heterocycles. The Morgan fingerprint density at radius 1 is 0.421 bits per heavy atom. The third-order valence-electron chi connectivity index (χ3n) is 11.5. The first-order valence-corrected chi connectivity index (χ1v) is 19.3. The van der Waals surface area contributed by atoms with Gasteiger partial charge in [-0.15, -0.1) is 0 Å². The summed E-state index contributed by atoms with van der Waals surface area (Å²) < 4.78 is 0. The predicted octanol–water partition coefficient (Wildman–Crippen LogP) is 12.8. The van der Waals surface area contributed by atoms with Gasteiger partial charge in [0.15, 0.2) is 17.5 Å². The van der Waals surface area contributed by atoms with Gasteiger partial charge < -0.3 is 0 Å². The topological polar surface area (TPSA) is 64.5 Å². The molecule has 0 fully saturated rings. The average Bonchev–Trinajstić information content (AvgIpc) is 3.52. The molecule has 3 heterocycles. The minimum Gasteiger partial charge on any atom is -0.264 e. The summed E-state index contributed by atoms with van der Waals surface area (Å²) in [4.78, 5) is 25.3. The lowest BCUT2D eigenvalue weighted by atomic mass is 9.80. The summed E-state index contributed by atoms with van der Waals surface area (Å²) in [5, 5.41) is 5.74. The van der Waals surface area contributed by atoms with Crippen molar-refractivity contribution in [2.24, 2.45) is 0 Å². The Hall–Kier alpha value is -7.37. The van der Waals surface area contributed by atoms with Crippen molar-refractivity contribution in [3.63, 3.8) is 0 Å². The molecule has 1 aliphatic carbocycles. The zero-order valence-electron chi connectivity index (χ0n) is 31.5. The zero-order chi connectivity index (χ0) is 38.1. The van der Waals surface area contributed by atoms with Crippen molar-refractivity contribution in [1.29, 1.82) is 0 Å². The van der Waals surface area contributed by atoms with E-state index in [0.717, 1.165) is 60.8 Å². The second-order valence-electron chi connectivity index (χ2n) is 15.3. The van der Waals surface area contributed by atoms with Gasteiger partial charge in [-0.05, 0) is 79.9 Å². The van der Waals surface area contributed by atoms with Gasteiger partial charge in [0.25, 0.3) is 0 Å². The summed E-state index contributed by atoms with van der Waals surface area (Å²) in [6, 6.07) is 57.5. The maximum atomic E-state index is 5.35. The summed E-state index contributed by atoms with van der Waals surface area (Å²) in [6.45, 7) is 4.71. The first-order chi connectivity index (χ1) is 28.0. The SMILES string of the molecule is CC1(C)c2cccc(-c3cc(-c4nc(-c5ccccc5)nc(-c5ccccc5)n4)cc(-c4nc5ccccc5c5ccncc45)c3)c2-c2ccc3ccccc3c21. The molecule has 7 aromatic carbocycles. The Balaban J connectivity index is 1.22. The Morgan fingerprint density at radius 3 is 1.81 bits per heavy atom. The van der Waals surface area contributed by atoms with E-state index >= 15 is 0 Å². The van der Waals surface area contributed by atoms with Crippen molar-refractivity contribution in [1.82, 2.24) is 24.9 Å². The van der Waals surface area contributed by atoms with E-state index in [1.165, 1.54) is 33.0 Å². The first-order valence-electron chi connectivity index (χ1n) is 19.3. The van der Waals surface area contributed by atoms with Crippen LogP contribution in [-0.2, 0) is 5.41 Å². The van der Waals surface area contributed by atoms with Crippen LogP contribution in [-0.4, -0.2) is 24.9 Å². The number of nitrogens with zero attached hydrogens (tertiary/aromatic N) is 5. The van der Waals surface area contributed by atoms with Gasteiger partial charge in [0.1, 0.15) is 0 Å². The molecule has 268 valence electrons. The Labute approximate surface area is 330 Å². The van der Waals surface area contributed by atoms with Crippen molar-refractivity contribution in [3.05, 3.63) is 187 Å². The van der Waals surface area contributed by atoms with E-state index in [2.05, 4.69) is 116 Å². The molecular formula is C52H35N5. The fourth-order valence-corrected chi connectivity index (χ4v) is 8.90. The van der Waals surface area contributed by atoms with Crippen LogP contribution in [0.4, 0.5) is 0 Å². The number of para-hydroxylation sites is 1. The fourth-order valence-electron chi connectivity index (χ4n) is 8.90. The Kier molecular flexibility index (Phi) is 7.45. The van der Waals surface area contributed by atoms with Crippen molar-refractivity contribution < 1.29 is 0 Å². The number of hydrogen-bond acceptors (Lipinski definition) is 5. The Morgan fingerprint density at radius 2 is 1.05 bits per heavy atom. The molecule has 5 nitrogen and oxygen atoms in total. The van der Waals surface area contributed by atoms with E-state index in [1.54, 1.807) is 0 Å². The molecule has 0 amide bonds. The summed E-state index contributed by atoms with van der Waals surface area (Å²) in [7, 11) is 0. The van der Waals surface area contributed by atoms with Crippen LogP contribution in [0.25, 0.3) is 100 Å². The molecule has 11 rings (SSSR count). The van der Waals surface area contributed by atoms with Crippen LogP contribution >= 0.6 is 0 Å². The van der Waals surface area contributed by atoms with Crippen LogP contribution < -0.4 is 0 Å². The third kappa shape index (κ3) is 5.35. The molecule has 1 aliphatic rings. The minimum absolute atomic E-state index is 0.201. The lowest BCUT2D eigenvalue weighted by molar-refractivity contribution is 0.666. The van der Waals surface area contributed by atoms with Gasteiger partial charge in [0.05, 0.1) is 11.2 Å². The van der Waals surface area contributed by atoms with Crippen LogP contribution in [0, 0.1) is 0 Å². The molecule has 0 atom stereocenters. The predicted molar refractivity (Wildman–Crippen MR) is 233 cm³/mol. The molecule has 0 spiro atoms. The molecule has 10 aromatic rings. The van der Waals surface area contributed by atoms with E-state index in [4.69, 9.17) is 19.9 Å². The molecule has 0 aliphatic heterocycles. The highest BCUT2D eigenvalue weighted by molar-refractivity contribution is 6.11. The van der Waals surface area contributed by atoms with Crippen molar-refractivity contribution in [2.45, 2.75) is 19.3 Å². The lowest BCUT2D eigenvalue weighted by Crippen LogP contribution is -2.15. The third-order valence-corrected chi connectivity index (χ3v) is 11.5. The Bertz CT molecular complexity index is 3150. The zero-order valence-corrected chi connectivity index (χ0v) is 31.5. The summed E-state index contributed by atoms with van der Waals surface area (Å²) in [5.74, 6) is 1.83.